The minimum Gasteiger partial charge on any atom is -0.353 e. The van der Waals surface area contributed by atoms with Gasteiger partial charge >= 0.3 is 0 Å². The molecule has 0 fully saturated rings. The molecule has 0 saturated heterocycles. The summed E-state index contributed by atoms with van der Waals surface area (Å²) in [6.45, 7) is 1.96. The average molecular weight is 395 g/mol. The maximum absolute atomic E-state index is 4.85. The van der Waals surface area contributed by atoms with Crippen molar-refractivity contribution in [3.05, 3.63) is 61.1 Å². The van der Waals surface area contributed by atoms with Gasteiger partial charge in [0, 0.05) is 36.6 Å². The summed E-state index contributed by atoms with van der Waals surface area (Å²) < 4.78 is 3.69. The number of aromatic amines is 2. The molecule has 0 spiro atoms. The maximum Gasteiger partial charge on any atom is 0.147 e. The molecular formula is C21H17N9. The van der Waals surface area contributed by atoms with E-state index in [0.717, 1.165) is 56.1 Å². The van der Waals surface area contributed by atoms with Gasteiger partial charge in [0.25, 0.3) is 0 Å². The number of imidazole rings is 1. The van der Waals surface area contributed by atoms with Crippen LogP contribution in [0.2, 0.25) is 0 Å². The molecule has 9 heteroatoms. The van der Waals surface area contributed by atoms with Crippen LogP contribution in [0.5, 0.6) is 0 Å². The molecule has 0 bridgehead atoms. The zero-order chi connectivity index (χ0) is 20.2. The zero-order valence-electron chi connectivity index (χ0n) is 16.3. The van der Waals surface area contributed by atoms with Crippen molar-refractivity contribution < 1.29 is 0 Å². The lowest BCUT2D eigenvalue weighted by molar-refractivity contribution is 0.768. The Morgan fingerprint density at radius 1 is 1.03 bits per heavy atom. The number of pyridine rings is 2. The van der Waals surface area contributed by atoms with Crippen LogP contribution in [0.25, 0.3) is 50.4 Å². The van der Waals surface area contributed by atoms with Gasteiger partial charge in [0.1, 0.15) is 23.4 Å². The first kappa shape index (κ1) is 16.7. The summed E-state index contributed by atoms with van der Waals surface area (Å²) >= 11 is 0. The Kier molecular flexibility index (Phi) is 3.40. The van der Waals surface area contributed by atoms with Crippen LogP contribution in [0.1, 0.15) is 5.69 Å². The van der Waals surface area contributed by atoms with Gasteiger partial charge in [-0.3, -0.25) is 14.3 Å². The van der Waals surface area contributed by atoms with Crippen LogP contribution in [-0.4, -0.2) is 44.5 Å². The summed E-state index contributed by atoms with van der Waals surface area (Å²) in [5.74, 6) is 0.819. The molecule has 2 N–H and O–H groups in total. The molecule has 0 aliphatic rings. The summed E-state index contributed by atoms with van der Waals surface area (Å²) in [6.07, 6.45) is 9.27. The molecule has 0 atom stereocenters. The van der Waals surface area contributed by atoms with Crippen LogP contribution >= 0.6 is 0 Å². The highest BCUT2D eigenvalue weighted by atomic mass is 15.2. The normalized spacial score (nSPS) is 11.7. The molecule has 6 aromatic rings. The van der Waals surface area contributed by atoms with Gasteiger partial charge in [-0.05, 0) is 31.2 Å². The van der Waals surface area contributed by atoms with Crippen LogP contribution in [0.3, 0.4) is 0 Å². The Balaban J connectivity index is 1.52. The molecule has 0 amide bonds. The molecule has 146 valence electrons. The van der Waals surface area contributed by atoms with E-state index in [4.69, 9.17) is 4.98 Å². The van der Waals surface area contributed by atoms with E-state index >= 15 is 0 Å². The number of H-pyrrole nitrogens is 2. The minimum absolute atomic E-state index is 0.764. The first-order valence-electron chi connectivity index (χ1n) is 9.49. The van der Waals surface area contributed by atoms with Crippen molar-refractivity contribution in [1.82, 2.24) is 44.5 Å². The molecule has 0 aromatic carbocycles. The lowest BCUT2D eigenvalue weighted by atomic mass is 10.2. The topological polar surface area (TPSA) is 106 Å². The number of nitrogens with one attached hydrogen (secondary N) is 2. The van der Waals surface area contributed by atoms with E-state index in [0.29, 0.717) is 0 Å². The summed E-state index contributed by atoms with van der Waals surface area (Å²) in [4.78, 5) is 17.2. The van der Waals surface area contributed by atoms with Gasteiger partial charge < -0.3 is 4.98 Å². The number of aryl methyl sites for hydroxylation is 2. The number of nitrogens with zero attached hydrogens (tertiary/aromatic N) is 7. The smallest absolute Gasteiger partial charge is 0.147 e. The summed E-state index contributed by atoms with van der Waals surface area (Å²) in [5.41, 5.74) is 7.04. The van der Waals surface area contributed by atoms with Crippen LogP contribution in [0, 0.1) is 6.92 Å². The quantitative estimate of drug-likeness (QED) is 0.478. The Hall–Kier alpha value is -4.27. The zero-order valence-corrected chi connectivity index (χ0v) is 16.3. The van der Waals surface area contributed by atoms with Crippen molar-refractivity contribution in [2.75, 3.05) is 0 Å². The van der Waals surface area contributed by atoms with E-state index in [1.807, 2.05) is 55.3 Å². The van der Waals surface area contributed by atoms with E-state index in [9.17, 15) is 0 Å². The summed E-state index contributed by atoms with van der Waals surface area (Å²) in [6, 6.07) is 7.97. The van der Waals surface area contributed by atoms with Gasteiger partial charge in [-0.25, -0.2) is 15.0 Å². The second-order valence-corrected chi connectivity index (χ2v) is 7.27. The Morgan fingerprint density at radius 2 is 1.97 bits per heavy atom. The van der Waals surface area contributed by atoms with Crippen molar-refractivity contribution >= 4 is 21.9 Å². The summed E-state index contributed by atoms with van der Waals surface area (Å²) in [7, 11) is 1.89. The fraction of sp³-hybridized carbons (Fsp3) is 0.0952. The molecule has 6 rings (SSSR count). The third-order valence-corrected chi connectivity index (χ3v) is 5.15. The van der Waals surface area contributed by atoms with Gasteiger partial charge in [-0.15, -0.1) is 0 Å². The van der Waals surface area contributed by atoms with Gasteiger partial charge in [-0.2, -0.15) is 10.2 Å². The van der Waals surface area contributed by atoms with Crippen LogP contribution < -0.4 is 0 Å². The number of hydrogen-bond donors (Lipinski definition) is 2. The van der Waals surface area contributed by atoms with Crippen molar-refractivity contribution in [3.8, 4) is 28.5 Å². The van der Waals surface area contributed by atoms with E-state index < -0.39 is 0 Å². The Morgan fingerprint density at radius 3 is 2.77 bits per heavy atom. The van der Waals surface area contributed by atoms with Gasteiger partial charge in [0.05, 0.1) is 34.3 Å². The first-order valence-corrected chi connectivity index (χ1v) is 9.49. The molecule has 0 radical (unpaired) electrons. The highest BCUT2D eigenvalue weighted by Crippen LogP contribution is 2.31. The monoisotopic (exact) mass is 395 g/mol. The Bertz CT molecular complexity index is 1530. The number of rotatable bonds is 3. The number of fused-ring (bicyclic) bond motifs is 2. The predicted octanol–water partition coefficient (Wildman–Crippen LogP) is 3.40. The molecule has 30 heavy (non-hydrogen) atoms. The van der Waals surface area contributed by atoms with Crippen LogP contribution in [0.4, 0.5) is 0 Å². The van der Waals surface area contributed by atoms with E-state index in [-0.39, 0.29) is 0 Å². The predicted molar refractivity (Wildman–Crippen MR) is 113 cm³/mol. The second kappa shape index (κ2) is 6.11. The third-order valence-electron chi connectivity index (χ3n) is 5.15. The third kappa shape index (κ3) is 2.52. The fourth-order valence-electron chi connectivity index (χ4n) is 3.71. The maximum atomic E-state index is 4.85. The largest absolute Gasteiger partial charge is 0.353 e. The van der Waals surface area contributed by atoms with Gasteiger partial charge in [-0.1, -0.05) is 0 Å². The minimum atomic E-state index is 0.764. The number of hydrogen-bond acceptors (Lipinski definition) is 5. The van der Waals surface area contributed by atoms with Crippen molar-refractivity contribution in [1.29, 1.82) is 0 Å². The van der Waals surface area contributed by atoms with E-state index in [1.54, 1.807) is 17.2 Å². The van der Waals surface area contributed by atoms with Crippen LogP contribution in [-0.2, 0) is 7.05 Å². The van der Waals surface area contributed by atoms with Gasteiger partial charge in [0.15, 0.2) is 0 Å². The highest BCUT2D eigenvalue weighted by molar-refractivity contribution is 5.96. The Labute approximate surface area is 170 Å². The molecule has 0 aliphatic carbocycles. The van der Waals surface area contributed by atoms with E-state index in [2.05, 4.69) is 36.3 Å². The first-order chi connectivity index (χ1) is 14.7. The molecule has 9 nitrogen and oxygen atoms in total. The highest BCUT2D eigenvalue weighted by Gasteiger charge is 2.16. The van der Waals surface area contributed by atoms with Crippen LogP contribution in [0.15, 0.2) is 55.4 Å². The standard InChI is InChI=1S/C21H17N9/c1-12-9-30(11-23-12)21-14-7-18(25-16(14)5-6-22-21)20-19-17(27-28-20)4-3-15(26-19)13-8-24-29(2)10-13/h3-11,25H,1-2H3,(H,27,28). The van der Waals surface area contributed by atoms with Crippen molar-refractivity contribution in [2.45, 2.75) is 6.92 Å². The molecule has 6 heterocycles. The summed E-state index contributed by atoms with van der Waals surface area (Å²) in [5, 5.41) is 12.8. The molecular weight excluding hydrogens is 378 g/mol. The molecule has 0 saturated carbocycles. The lowest BCUT2D eigenvalue weighted by Gasteiger charge is -2.01. The number of aromatic nitrogens is 9. The van der Waals surface area contributed by atoms with Gasteiger partial charge in [0.2, 0.25) is 0 Å². The molecule has 0 unspecified atom stereocenters. The molecule has 6 aromatic heterocycles. The van der Waals surface area contributed by atoms with Crippen molar-refractivity contribution in [3.63, 3.8) is 0 Å². The fourth-order valence-corrected chi connectivity index (χ4v) is 3.71. The van der Waals surface area contributed by atoms with Crippen molar-refractivity contribution in [2.24, 2.45) is 7.05 Å². The second-order valence-electron chi connectivity index (χ2n) is 7.27. The molecule has 0 aliphatic heterocycles. The average Bonchev–Trinajstić information content (AvgIpc) is 3.52. The van der Waals surface area contributed by atoms with E-state index in [1.165, 1.54) is 0 Å². The SMILES string of the molecule is Cc1cn(-c2nccc3[nH]c(-c4n[nH]c5ccc(-c6cnn(C)c6)nc45)cc23)cn1. The lowest BCUT2D eigenvalue weighted by Crippen LogP contribution is -1.94.